The Morgan fingerprint density at radius 1 is 1.20 bits per heavy atom. The van der Waals surface area contributed by atoms with Crippen molar-refractivity contribution in [3.63, 3.8) is 0 Å². The average molecular weight is 559 g/mol. The minimum Gasteiger partial charge on any atom is -0.444 e. The van der Waals surface area contributed by atoms with Crippen LogP contribution in [0.4, 0.5) is 4.79 Å². The molecule has 0 radical (unpaired) electrons. The molecular formula is C30H38N8O3. The molecule has 3 N–H and O–H groups in total. The summed E-state index contributed by atoms with van der Waals surface area (Å²) < 4.78 is 9.00. The molecule has 11 heteroatoms. The summed E-state index contributed by atoms with van der Waals surface area (Å²) in [7, 11) is 3.78. The molecule has 216 valence electrons. The van der Waals surface area contributed by atoms with Crippen molar-refractivity contribution < 1.29 is 14.3 Å². The zero-order valence-corrected chi connectivity index (χ0v) is 24.5. The number of hydrazine groups is 1. The number of benzene rings is 1. The van der Waals surface area contributed by atoms with Crippen LogP contribution in [0.25, 0.3) is 22.4 Å². The number of hydrogen-bond acceptors (Lipinski definition) is 7. The molecule has 3 heterocycles. The van der Waals surface area contributed by atoms with Crippen LogP contribution in [0, 0.1) is 30.1 Å². The minimum atomic E-state index is -0.593. The molecule has 1 saturated heterocycles. The number of alkyl carbamates (subject to hydrolysis) is 1. The SMILES string of the molecule is Cc1c(-c2cnn(C)c2)ccc(-c2c(C3CCC4C(=O)NNC(CNC(=O)OC(C)(C)C)C4C3)cnn2C)c1C#N. The third-order valence-corrected chi connectivity index (χ3v) is 8.25. The molecule has 11 nitrogen and oxygen atoms in total. The summed E-state index contributed by atoms with van der Waals surface area (Å²) in [6.07, 6.45) is 7.47. The van der Waals surface area contributed by atoms with Crippen LogP contribution in [0.1, 0.15) is 62.6 Å². The van der Waals surface area contributed by atoms with Crippen molar-refractivity contribution in [1.82, 2.24) is 35.7 Å². The van der Waals surface area contributed by atoms with Gasteiger partial charge in [0.25, 0.3) is 0 Å². The van der Waals surface area contributed by atoms with E-state index in [1.54, 1.807) is 10.9 Å². The Morgan fingerprint density at radius 3 is 2.63 bits per heavy atom. The fourth-order valence-electron chi connectivity index (χ4n) is 6.34. The van der Waals surface area contributed by atoms with Crippen molar-refractivity contribution in [3.8, 4) is 28.5 Å². The van der Waals surface area contributed by atoms with Gasteiger partial charge in [-0.2, -0.15) is 15.5 Å². The molecule has 4 unspecified atom stereocenters. The van der Waals surface area contributed by atoms with E-state index < -0.39 is 11.7 Å². The van der Waals surface area contributed by atoms with E-state index in [4.69, 9.17) is 4.74 Å². The molecule has 4 atom stereocenters. The third-order valence-electron chi connectivity index (χ3n) is 8.25. The van der Waals surface area contributed by atoms with Gasteiger partial charge < -0.3 is 10.1 Å². The molecule has 2 amide bonds. The van der Waals surface area contributed by atoms with Crippen LogP contribution in [-0.4, -0.2) is 49.7 Å². The van der Waals surface area contributed by atoms with E-state index >= 15 is 0 Å². The minimum absolute atomic E-state index is 0.00984. The Balaban J connectivity index is 1.42. The van der Waals surface area contributed by atoms with Gasteiger partial charge in [-0.3, -0.25) is 19.6 Å². The topological polar surface area (TPSA) is 139 Å². The van der Waals surface area contributed by atoms with Gasteiger partial charge in [-0.05, 0) is 69.9 Å². The second kappa shape index (κ2) is 11.0. The second-order valence-corrected chi connectivity index (χ2v) is 12.2. The summed E-state index contributed by atoms with van der Waals surface area (Å²) in [5.74, 6) is -0.00681. The predicted octanol–water partition coefficient (Wildman–Crippen LogP) is 3.70. The van der Waals surface area contributed by atoms with Crippen molar-refractivity contribution in [2.24, 2.45) is 25.9 Å². The molecule has 2 aromatic heterocycles. The first-order chi connectivity index (χ1) is 19.5. The smallest absolute Gasteiger partial charge is 0.407 e. The lowest BCUT2D eigenvalue weighted by Crippen LogP contribution is -2.62. The number of aromatic nitrogens is 4. The molecule has 3 aromatic rings. The first-order valence-electron chi connectivity index (χ1n) is 14.0. The molecule has 0 bridgehead atoms. The summed E-state index contributed by atoms with van der Waals surface area (Å²) in [5.41, 5.74) is 11.6. The quantitative estimate of drug-likeness (QED) is 0.434. The number of aryl methyl sites for hydroxylation is 2. The van der Waals surface area contributed by atoms with Gasteiger partial charge in [-0.15, -0.1) is 0 Å². The number of nitriles is 1. The molecule has 5 rings (SSSR count). The fourth-order valence-corrected chi connectivity index (χ4v) is 6.34. The maximum Gasteiger partial charge on any atom is 0.407 e. The Morgan fingerprint density at radius 2 is 1.95 bits per heavy atom. The van der Waals surface area contributed by atoms with E-state index in [2.05, 4.69) is 32.4 Å². The molecular weight excluding hydrogens is 520 g/mol. The van der Waals surface area contributed by atoms with Gasteiger partial charge in [0.1, 0.15) is 11.7 Å². The molecule has 41 heavy (non-hydrogen) atoms. The van der Waals surface area contributed by atoms with Gasteiger partial charge in [0.15, 0.2) is 0 Å². The number of rotatable bonds is 5. The monoisotopic (exact) mass is 558 g/mol. The maximum atomic E-state index is 12.8. The number of hydrogen-bond donors (Lipinski definition) is 3. The van der Waals surface area contributed by atoms with Crippen molar-refractivity contribution in [2.75, 3.05) is 6.54 Å². The summed E-state index contributed by atoms with van der Waals surface area (Å²) in [4.78, 5) is 25.1. The predicted molar refractivity (Wildman–Crippen MR) is 153 cm³/mol. The van der Waals surface area contributed by atoms with E-state index in [1.807, 2.05) is 71.0 Å². The van der Waals surface area contributed by atoms with Crippen molar-refractivity contribution >= 4 is 12.0 Å². The first-order valence-corrected chi connectivity index (χ1v) is 14.0. The van der Waals surface area contributed by atoms with Gasteiger partial charge in [-0.25, -0.2) is 10.2 Å². The lowest BCUT2D eigenvalue weighted by atomic mass is 9.68. The van der Waals surface area contributed by atoms with Gasteiger partial charge in [0.2, 0.25) is 5.91 Å². The lowest BCUT2D eigenvalue weighted by molar-refractivity contribution is -0.133. The van der Waals surface area contributed by atoms with E-state index in [9.17, 15) is 14.9 Å². The first kappa shape index (κ1) is 28.4. The van der Waals surface area contributed by atoms with Crippen molar-refractivity contribution in [1.29, 1.82) is 5.26 Å². The van der Waals surface area contributed by atoms with E-state index in [1.165, 1.54) is 0 Å². The zero-order valence-electron chi connectivity index (χ0n) is 24.5. The van der Waals surface area contributed by atoms with Crippen molar-refractivity contribution in [2.45, 2.75) is 64.5 Å². The van der Waals surface area contributed by atoms with Crippen LogP contribution in [0.3, 0.4) is 0 Å². The fraction of sp³-hybridized carbons (Fsp3) is 0.500. The summed E-state index contributed by atoms with van der Waals surface area (Å²) >= 11 is 0. The maximum absolute atomic E-state index is 12.8. The molecule has 1 aliphatic heterocycles. The highest BCUT2D eigenvalue weighted by atomic mass is 16.6. The Kier molecular flexibility index (Phi) is 7.62. The van der Waals surface area contributed by atoms with Crippen LogP contribution >= 0.6 is 0 Å². The highest BCUT2D eigenvalue weighted by Crippen LogP contribution is 2.45. The highest BCUT2D eigenvalue weighted by Gasteiger charge is 2.44. The van der Waals surface area contributed by atoms with Gasteiger partial charge >= 0.3 is 6.09 Å². The molecule has 2 fully saturated rings. The van der Waals surface area contributed by atoms with Crippen molar-refractivity contribution in [3.05, 3.63) is 47.4 Å². The Hall–Kier alpha value is -4.17. The largest absolute Gasteiger partial charge is 0.444 e. The molecule has 1 aliphatic carbocycles. The number of carbonyl (C=O) groups excluding carboxylic acids is 2. The third kappa shape index (κ3) is 5.70. The number of ether oxygens (including phenoxy) is 1. The van der Waals surface area contributed by atoms with E-state index in [0.717, 1.165) is 52.8 Å². The Bertz CT molecular complexity index is 1510. The van der Waals surface area contributed by atoms with E-state index in [0.29, 0.717) is 12.1 Å². The van der Waals surface area contributed by atoms with Gasteiger partial charge in [-0.1, -0.05) is 12.1 Å². The zero-order chi connectivity index (χ0) is 29.5. The average Bonchev–Trinajstić information content (AvgIpc) is 3.52. The number of carbonyl (C=O) groups is 2. The standard InChI is InChI=1S/C30H38N8O3/c1-17-20(19-13-33-37(5)16-19)9-10-21(24(17)12-31)27-25(14-34-38(27)6)18-7-8-22-23(11-18)26(35-36-28(22)39)15-32-29(40)41-30(2,3)4/h9-10,13-14,16,18,22-23,26,35H,7-8,11,15H2,1-6H3,(H,32,40)(H,36,39). The summed E-state index contributed by atoms with van der Waals surface area (Å²) in [6, 6.07) is 6.34. The number of nitrogens with zero attached hydrogens (tertiary/aromatic N) is 5. The Labute approximate surface area is 240 Å². The lowest BCUT2D eigenvalue weighted by Gasteiger charge is -2.43. The van der Waals surface area contributed by atoms with Crippen LogP contribution in [-0.2, 0) is 23.6 Å². The van der Waals surface area contributed by atoms with Gasteiger partial charge in [0.05, 0.1) is 23.7 Å². The molecule has 1 aromatic carbocycles. The number of fused-ring (bicyclic) bond motifs is 1. The molecule has 0 spiro atoms. The molecule has 2 aliphatic rings. The normalized spacial score (nSPS) is 22.4. The second-order valence-electron chi connectivity index (χ2n) is 12.2. The van der Waals surface area contributed by atoms with Crippen LogP contribution in [0.15, 0.2) is 30.7 Å². The van der Waals surface area contributed by atoms with Gasteiger partial charge in [0, 0.05) is 55.5 Å². The van der Waals surface area contributed by atoms with E-state index in [-0.39, 0.29) is 29.7 Å². The summed E-state index contributed by atoms with van der Waals surface area (Å²) in [6.45, 7) is 7.77. The highest BCUT2D eigenvalue weighted by molar-refractivity contribution is 5.81. The van der Waals surface area contributed by atoms with Crippen LogP contribution in [0.2, 0.25) is 0 Å². The molecule has 1 saturated carbocycles. The number of amides is 2. The van der Waals surface area contributed by atoms with Crippen LogP contribution in [0.5, 0.6) is 0 Å². The van der Waals surface area contributed by atoms with Crippen LogP contribution < -0.4 is 16.2 Å². The number of nitrogens with one attached hydrogen (secondary N) is 3. The summed E-state index contributed by atoms with van der Waals surface area (Å²) in [5, 5.41) is 22.0.